The van der Waals surface area contributed by atoms with Crippen molar-refractivity contribution >= 4 is 5.84 Å². The Bertz CT molecular complexity index is 333. The summed E-state index contributed by atoms with van der Waals surface area (Å²) in [5.74, 6) is 0.544. The van der Waals surface area contributed by atoms with E-state index in [0.29, 0.717) is 12.4 Å². The summed E-state index contributed by atoms with van der Waals surface area (Å²) in [6.45, 7) is 8.38. The highest BCUT2D eigenvalue weighted by molar-refractivity contribution is 5.85. The number of benzene rings is 1. The molecule has 0 heterocycles. The van der Waals surface area contributed by atoms with E-state index in [9.17, 15) is 0 Å². The average Bonchev–Trinajstić information content (AvgIpc) is 2.38. The van der Waals surface area contributed by atoms with Gasteiger partial charge in [0.25, 0.3) is 0 Å². The van der Waals surface area contributed by atoms with Crippen LogP contribution >= 0.6 is 0 Å². The van der Waals surface area contributed by atoms with Crippen LogP contribution in [0.4, 0.5) is 0 Å². The van der Waals surface area contributed by atoms with Crippen molar-refractivity contribution in [2.24, 2.45) is 0 Å². The molecule has 3 nitrogen and oxygen atoms in total. The molecule has 0 spiro atoms. The van der Waals surface area contributed by atoms with E-state index < -0.39 is 0 Å². The molecule has 1 aromatic carbocycles. The van der Waals surface area contributed by atoms with Crippen LogP contribution in [0.3, 0.4) is 0 Å². The number of amidine groups is 1. The normalized spacial score (nSPS) is 12.2. The van der Waals surface area contributed by atoms with Crippen LogP contribution in [0, 0.1) is 5.41 Å². The van der Waals surface area contributed by atoms with E-state index in [1.165, 1.54) is 0 Å². The first-order valence-corrected chi connectivity index (χ1v) is 6.24. The van der Waals surface area contributed by atoms with E-state index >= 15 is 0 Å². The van der Waals surface area contributed by atoms with Crippen molar-refractivity contribution in [2.75, 3.05) is 19.7 Å². The Labute approximate surface area is 104 Å². The molecule has 1 N–H and O–H groups in total. The quantitative estimate of drug-likeness (QED) is 0.606. The molecular weight excluding hydrogens is 212 g/mol. The number of rotatable bonds is 6. The van der Waals surface area contributed by atoms with Gasteiger partial charge in [-0.2, -0.15) is 0 Å². The standard InChI is InChI=1S/C14H22N2O/c1-4-16(5-2)14(15)13(17-6-3)12-10-8-7-9-11-12/h7-11,13,15H,4-6H2,1-3H3. The van der Waals surface area contributed by atoms with Crippen molar-refractivity contribution < 1.29 is 4.74 Å². The number of hydrogen-bond acceptors (Lipinski definition) is 2. The SMILES string of the molecule is CCOC(C(=N)N(CC)CC)c1ccccc1. The molecule has 17 heavy (non-hydrogen) atoms. The van der Waals surface area contributed by atoms with Gasteiger partial charge in [0.1, 0.15) is 11.9 Å². The van der Waals surface area contributed by atoms with E-state index in [4.69, 9.17) is 10.1 Å². The average molecular weight is 234 g/mol. The number of likely N-dealkylation sites (N-methyl/N-ethyl adjacent to an activating group) is 1. The van der Waals surface area contributed by atoms with Crippen LogP contribution in [0.1, 0.15) is 32.4 Å². The zero-order chi connectivity index (χ0) is 12.7. The maximum Gasteiger partial charge on any atom is 0.139 e. The molecule has 3 heteroatoms. The van der Waals surface area contributed by atoms with Crippen molar-refractivity contribution in [3.05, 3.63) is 35.9 Å². The second-order valence-electron chi connectivity index (χ2n) is 3.80. The van der Waals surface area contributed by atoms with Crippen LogP contribution in [-0.4, -0.2) is 30.4 Å². The second-order valence-corrected chi connectivity index (χ2v) is 3.80. The van der Waals surface area contributed by atoms with Gasteiger partial charge in [0, 0.05) is 19.7 Å². The van der Waals surface area contributed by atoms with E-state index in [1.807, 2.05) is 42.2 Å². The van der Waals surface area contributed by atoms with E-state index in [-0.39, 0.29) is 6.10 Å². The molecule has 1 aromatic rings. The molecule has 0 aliphatic rings. The highest BCUT2D eigenvalue weighted by atomic mass is 16.5. The fraction of sp³-hybridized carbons (Fsp3) is 0.500. The van der Waals surface area contributed by atoms with Gasteiger partial charge in [0.2, 0.25) is 0 Å². The minimum absolute atomic E-state index is 0.249. The monoisotopic (exact) mass is 234 g/mol. The third-order valence-corrected chi connectivity index (χ3v) is 2.79. The summed E-state index contributed by atoms with van der Waals surface area (Å²) >= 11 is 0. The lowest BCUT2D eigenvalue weighted by molar-refractivity contribution is 0.0996. The highest BCUT2D eigenvalue weighted by Gasteiger charge is 2.20. The summed E-state index contributed by atoms with van der Waals surface area (Å²) in [6.07, 6.45) is -0.249. The Morgan fingerprint density at radius 1 is 1.18 bits per heavy atom. The number of ether oxygens (including phenoxy) is 1. The summed E-state index contributed by atoms with van der Waals surface area (Å²) in [6, 6.07) is 9.97. The number of nitrogens with zero attached hydrogens (tertiary/aromatic N) is 1. The Hall–Kier alpha value is -1.35. The molecule has 0 aliphatic heterocycles. The van der Waals surface area contributed by atoms with Crippen molar-refractivity contribution in [2.45, 2.75) is 26.9 Å². The highest BCUT2D eigenvalue weighted by Crippen LogP contribution is 2.20. The van der Waals surface area contributed by atoms with Crippen LogP contribution < -0.4 is 0 Å². The first kappa shape index (κ1) is 13.7. The summed E-state index contributed by atoms with van der Waals surface area (Å²) in [4.78, 5) is 2.02. The van der Waals surface area contributed by atoms with Gasteiger partial charge in [-0.25, -0.2) is 0 Å². The van der Waals surface area contributed by atoms with Gasteiger partial charge in [-0.05, 0) is 26.3 Å². The fourth-order valence-corrected chi connectivity index (χ4v) is 1.86. The van der Waals surface area contributed by atoms with Gasteiger partial charge in [-0.1, -0.05) is 30.3 Å². The molecule has 0 fully saturated rings. The minimum atomic E-state index is -0.249. The van der Waals surface area contributed by atoms with Gasteiger partial charge in [-0.3, -0.25) is 5.41 Å². The van der Waals surface area contributed by atoms with Crippen molar-refractivity contribution in [3.8, 4) is 0 Å². The van der Waals surface area contributed by atoms with E-state index in [0.717, 1.165) is 18.7 Å². The van der Waals surface area contributed by atoms with Crippen molar-refractivity contribution in [1.29, 1.82) is 5.41 Å². The first-order chi connectivity index (χ1) is 8.24. The minimum Gasteiger partial charge on any atom is -0.366 e. The molecular formula is C14H22N2O. The van der Waals surface area contributed by atoms with Crippen molar-refractivity contribution in [1.82, 2.24) is 4.90 Å². The third-order valence-electron chi connectivity index (χ3n) is 2.79. The van der Waals surface area contributed by atoms with E-state index in [2.05, 4.69) is 13.8 Å². The summed E-state index contributed by atoms with van der Waals surface area (Å²) < 4.78 is 5.71. The lowest BCUT2D eigenvalue weighted by atomic mass is 10.1. The summed E-state index contributed by atoms with van der Waals surface area (Å²) in [5, 5.41) is 8.24. The van der Waals surface area contributed by atoms with Crippen LogP contribution in [0.2, 0.25) is 0 Å². The maximum atomic E-state index is 8.24. The molecule has 1 unspecified atom stereocenters. The Morgan fingerprint density at radius 2 is 1.76 bits per heavy atom. The zero-order valence-electron chi connectivity index (χ0n) is 10.9. The second kappa shape index (κ2) is 7.07. The predicted octanol–water partition coefficient (Wildman–Crippen LogP) is 3.08. The number of hydrogen-bond donors (Lipinski definition) is 1. The fourth-order valence-electron chi connectivity index (χ4n) is 1.86. The van der Waals surface area contributed by atoms with Crippen molar-refractivity contribution in [3.63, 3.8) is 0 Å². The van der Waals surface area contributed by atoms with Gasteiger partial charge < -0.3 is 9.64 Å². The van der Waals surface area contributed by atoms with Crippen LogP contribution in [0.25, 0.3) is 0 Å². The Kier molecular flexibility index (Phi) is 5.70. The zero-order valence-corrected chi connectivity index (χ0v) is 10.9. The van der Waals surface area contributed by atoms with Crippen LogP contribution in [0.15, 0.2) is 30.3 Å². The maximum absolute atomic E-state index is 8.24. The molecule has 0 aliphatic carbocycles. The molecule has 1 rings (SSSR count). The van der Waals surface area contributed by atoms with Crippen LogP contribution in [0.5, 0.6) is 0 Å². The molecule has 0 amide bonds. The Morgan fingerprint density at radius 3 is 2.24 bits per heavy atom. The van der Waals surface area contributed by atoms with Gasteiger partial charge in [0.05, 0.1) is 0 Å². The number of nitrogens with one attached hydrogen (secondary N) is 1. The third kappa shape index (κ3) is 3.56. The molecule has 94 valence electrons. The molecule has 0 saturated carbocycles. The van der Waals surface area contributed by atoms with Gasteiger partial charge in [0.15, 0.2) is 0 Å². The lowest BCUT2D eigenvalue weighted by Gasteiger charge is -2.28. The van der Waals surface area contributed by atoms with Gasteiger partial charge in [-0.15, -0.1) is 0 Å². The largest absolute Gasteiger partial charge is 0.366 e. The molecule has 0 saturated heterocycles. The molecule has 0 bridgehead atoms. The smallest absolute Gasteiger partial charge is 0.139 e. The van der Waals surface area contributed by atoms with Gasteiger partial charge >= 0.3 is 0 Å². The summed E-state index contributed by atoms with van der Waals surface area (Å²) in [7, 11) is 0. The Balaban J connectivity index is 2.89. The predicted molar refractivity (Wildman–Crippen MR) is 71.5 cm³/mol. The first-order valence-electron chi connectivity index (χ1n) is 6.24. The van der Waals surface area contributed by atoms with Crippen LogP contribution in [-0.2, 0) is 4.74 Å². The lowest BCUT2D eigenvalue weighted by Crippen LogP contribution is -2.35. The topological polar surface area (TPSA) is 36.3 Å². The summed E-state index contributed by atoms with van der Waals surface area (Å²) in [5.41, 5.74) is 1.05. The van der Waals surface area contributed by atoms with E-state index in [1.54, 1.807) is 0 Å². The molecule has 0 aromatic heterocycles. The molecule has 0 radical (unpaired) electrons. The molecule has 1 atom stereocenters.